The Morgan fingerprint density at radius 3 is 1.09 bits per heavy atom. The highest BCUT2D eigenvalue weighted by molar-refractivity contribution is 5.71. The molecule has 0 aliphatic heterocycles. The van der Waals surface area contributed by atoms with E-state index in [0.29, 0.717) is 19.3 Å². The minimum Gasteiger partial charge on any atom is -0.462 e. The molecule has 0 saturated carbocycles. The van der Waals surface area contributed by atoms with Crippen molar-refractivity contribution in [3.63, 3.8) is 0 Å². The van der Waals surface area contributed by atoms with Crippen molar-refractivity contribution in [1.29, 1.82) is 0 Å². The monoisotopic (exact) mass is 651 g/mol. The summed E-state index contributed by atoms with van der Waals surface area (Å²) in [5, 5.41) is 0. The summed E-state index contributed by atoms with van der Waals surface area (Å²) >= 11 is 0. The number of ether oxygens (including phenoxy) is 3. The summed E-state index contributed by atoms with van der Waals surface area (Å²) in [6.45, 7) is 6.49. The van der Waals surface area contributed by atoms with Gasteiger partial charge in [-0.15, -0.1) is 0 Å². The largest absolute Gasteiger partial charge is 0.462 e. The minimum absolute atomic E-state index is 0.0717. The summed E-state index contributed by atoms with van der Waals surface area (Å²) in [6.07, 6.45) is 35.2. The Morgan fingerprint density at radius 2 is 0.717 bits per heavy atom. The molecule has 0 heterocycles. The van der Waals surface area contributed by atoms with E-state index in [-0.39, 0.29) is 31.1 Å². The highest BCUT2D eigenvalue weighted by Crippen LogP contribution is 2.13. The predicted molar refractivity (Wildman–Crippen MR) is 192 cm³/mol. The molecule has 0 saturated heterocycles. The van der Waals surface area contributed by atoms with Gasteiger partial charge in [-0.3, -0.25) is 14.4 Å². The molecule has 1 atom stereocenters. The molecule has 0 N–H and O–H groups in total. The maximum atomic E-state index is 12.5. The third kappa shape index (κ3) is 33.5. The van der Waals surface area contributed by atoms with Crippen molar-refractivity contribution in [2.24, 2.45) is 0 Å². The first-order valence-corrected chi connectivity index (χ1v) is 19.7. The molecule has 0 aromatic rings. The summed E-state index contributed by atoms with van der Waals surface area (Å²) in [4.78, 5) is 37.1. The van der Waals surface area contributed by atoms with Gasteiger partial charge < -0.3 is 14.2 Å². The quantitative estimate of drug-likeness (QED) is 0.0294. The molecule has 6 heteroatoms. The summed E-state index contributed by atoms with van der Waals surface area (Å²) in [7, 11) is 0. The zero-order valence-corrected chi connectivity index (χ0v) is 30.6. The molecule has 6 nitrogen and oxygen atoms in total. The van der Waals surface area contributed by atoms with E-state index < -0.39 is 6.10 Å². The van der Waals surface area contributed by atoms with Gasteiger partial charge in [0.1, 0.15) is 13.2 Å². The first kappa shape index (κ1) is 44.1. The Morgan fingerprint density at radius 1 is 0.413 bits per heavy atom. The predicted octanol–water partition coefficient (Wildman–Crippen LogP) is 11.9. The lowest BCUT2D eigenvalue weighted by Gasteiger charge is -2.18. The third-order valence-electron chi connectivity index (χ3n) is 8.52. The van der Waals surface area contributed by atoms with Gasteiger partial charge in [-0.2, -0.15) is 0 Å². The van der Waals surface area contributed by atoms with Crippen LogP contribution in [0.3, 0.4) is 0 Å². The summed E-state index contributed by atoms with van der Waals surface area (Å²) in [5.74, 6) is -0.901. The maximum absolute atomic E-state index is 12.5. The van der Waals surface area contributed by atoms with Crippen LogP contribution in [0.25, 0.3) is 0 Å². The van der Waals surface area contributed by atoms with Crippen LogP contribution in [0.4, 0.5) is 0 Å². The molecule has 0 rings (SSSR count). The topological polar surface area (TPSA) is 78.9 Å². The fourth-order valence-corrected chi connectivity index (χ4v) is 5.49. The van der Waals surface area contributed by atoms with E-state index in [9.17, 15) is 14.4 Å². The van der Waals surface area contributed by atoms with Gasteiger partial charge in [-0.1, -0.05) is 155 Å². The summed E-state index contributed by atoms with van der Waals surface area (Å²) < 4.78 is 16.5. The van der Waals surface area contributed by atoms with Gasteiger partial charge in [-0.05, 0) is 44.9 Å². The Hall–Kier alpha value is -1.85. The van der Waals surface area contributed by atoms with Gasteiger partial charge in [0.25, 0.3) is 0 Å². The molecule has 0 bridgehead atoms. The number of hydrogen-bond acceptors (Lipinski definition) is 6. The number of unbranched alkanes of at least 4 members (excludes halogenated alkanes) is 22. The molecule has 0 aromatic heterocycles. The molecule has 0 spiro atoms. The summed E-state index contributed by atoms with van der Waals surface area (Å²) in [6, 6.07) is 0. The van der Waals surface area contributed by atoms with Crippen LogP contribution in [0.5, 0.6) is 0 Å². The minimum atomic E-state index is -0.760. The van der Waals surface area contributed by atoms with E-state index in [4.69, 9.17) is 14.2 Å². The molecule has 0 aromatic carbocycles. The van der Waals surface area contributed by atoms with Crippen molar-refractivity contribution >= 4 is 17.9 Å². The third-order valence-corrected chi connectivity index (χ3v) is 8.52. The second kappa shape index (κ2) is 36.0. The van der Waals surface area contributed by atoms with E-state index in [1.54, 1.807) is 0 Å². The molecular weight excluding hydrogens is 576 g/mol. The van der Waals surface area contributed by atoms with Crippen LogP contribution in [-0.2, 0) is 28.6 Å². The Kier molecular flexibility index (Phi) is 34.5. The fourth-order valence-electron chi connectivity index (χ4n) is 5.49. The number of hydrogen-bond donors (Lipinski definition) is 0. The van der Waals surface area contributed by atoms with Crippen molar-refractivity contribution in [3.8, 4) is 0 Å². The van der Waals surface area contributed by atoms with Gasteiger partial charge in [0.05, 0.1) is 0 Å². The van der Waals surface area contributed by atoms with Crippen molar-refractivity contribution in [1.82, 2.24) is 0 Å². The van der Waals surface area contributed by atoms with Crippen LogP contribution in [0, 0.1) is 0 Å². The average molecular weight is 651 g/mol. The van der Waals surface area contributed by atoms with Crippen LogP contribution in [0.1, 0.15) is 207 Å². The van der Waals surface area contributed by atoms with E-state index in [2.05, 4.69) is 32.9 Å². The van der Waals surface area contributed by atoms with Gasteiger partial charge in [0.15, 0.2) is 6.10 Å². The SMILES string of the molecule is CCCCCCCCC/C=C\CCCCCCCC(=O)OCC(COC(=O)CCCCCCCC)OC(=O)CCCCCCCC. The second-order valence-electron chi connectivity index (χ2n) is 13.2. The van der Waals surface area contributed by atoms with Gasteiger partial charge in [0.2, 0.25) is 0 Å². The lowest BCUT2D eigenvalue weighted by atomic mass is 10.1. The molecule has 0 amide bonds. The van der Waals surface area contributed by atoms with E-state index in [1.165, 1.54) is 103 Å². The van der Waals surface area contributed by atoms with Crippen LogP contribution in [0.15, 0.2) is 12.2 Å². The highest BCUT2D eigenvalue weighted by atomic mass is 16.6. The molecular formula is C40H74O6. The van der Waals surface area contributed by atoms with E-state index in [0.717, 1.165) is 64.2 Å². The summed E-state index contributed by atoms with van der Waals surface area (Å²) in [5.41, 5.74) is 0. The van der Waals surface area contributed by atoms with Gasteiger partial charge >= 0.3 is 17.9 Å². The molecule has 46 heavy (non-hydrogen) atoms. The first-order valence-electron chi connectivity index (χ1n) is 19.7. The number of carbonyl (C=O) groups is 3. The fraction of sp³-hybridized carbons (Fsp3) is 0.875. The number of carbonyl (C=O) groups excluding carboxylic acids is 3. The maximum Gasteiger partial charge on any atom is 0.306 e. The lowest BCUT2D eigenvalue weighted by Crippen LogP contribution is -2.30. The molecule has 1 unspecified atom stereocenters. The zero-order valence-electron chi connectivity index (χ0n) is 30.6. The number of rotatable bonds is 35. The standard InChI is InChI=1S/C40H74O6/c1-4-7-10-13-16-17-18-19-20-21-22-23-24-25-28-30-33-39(42)45-36-37(46-40(43)34-31-27-15-12-9-6-3)35-44-38(41)32-29-26-14-11-8-5-2/h20-21,37H,4-19,22-36H2,1-3H3/b21-20-. The molecule has 270 valence electrons. The Labute approximate surface area is 284 Å². The van der Waals surface area contributed by atoms with Crippen LogP contribution >= 0.6 is 0 Å². The van der Waals surface area contributed by atoms with Crippen LogP contribution in [0.2, 0.25) is 0 Å². The van der Waals surface area contributed by atoms with Crippen LogP contribution < -0.4 is 0 Å². The van der Waals surface area contributed by atoms with Gasteiger partial charge in [-0.25, -0.2) is 0 Å². The Bertz CT molecular complexity index is 719. The molecule has 0 aliphatic carbocycles. The zero-order chi connectivity index (χ0) is 33.8. The molecule has 0 fully saturated rings. The Balaban J connectivity index is 4.18. The van der Waals surface area contributed by atoms with Crippen molar-refractivity contribution in [3.05, 3.63) is 12.2 Å². The van der Waals surface area contributed by atoms with Crippen molar-refractivity contribution < 1.29 is 28.6 Å². The normalized spacial score (nSPS) is 12.0. The van der Waals surface area contributed by atoms with Crippen molar-refractivity contribution in [2.45, 2.75) is 213 Å². The lowest BCUT2D eigenvalue weighted by molar-refractivity contribution is -0.167. The second-order valence-corrected chi connectivity index (χ2v) is 13.2. The van der Waals surface area contributed by atoms with Crippen molar-refractivity contribution in [2.75, 3.05) is 13.2 Å². The first-order chi connectivity index (χ1) is 22.5. The number of allylic oxidation sites excluding steroid dienone is 2. The van der Waals surface area contributed by atoms with Crippen LogP contribution in [-0.4, -0.2) is 37.2 Å². The molecule has 0 aliphatic rings. The van der Waals surface area contributed by atoms with E-state index >= 15 is 0 Å². The highest BCUT2D eigenvalue weighted by Gasteiger charge is 2.19. The molecule has 0 radical (unpaired) electrons. The number of esters is 3. The van der Waals surface area contributed by atoms with E-state index in [1.807, 2.05) is 0 Å². The van der Waals surface area contributed by atoms with Gasteiger partial charge in [0, 0.05) is 19.3 Å². The smallest absolute Gasteiger partial charge is 0.306 e. The average Bonchev–Trinajstić information content (AvgIpc) is 3.05.